The molecule has 0 saturated heterocycles. The summed E-state index contributed by atoms with van der Waals surface area (Å²) < 4.78 is 11.7. The first-order chi connectivity index (χ1) is 12.3. The molecule has 6 nitrogen and oxygen atoms in total. The van der Waals surface area contributed by atoms with E-state index in [9.17, 15) is 19.8 Å². The Morgan fingerprint density at radius 2 is 1.54 bits per heavy atom. The molecule has 2 rings (SSSR count). The van der Waals surface area contributed by atoms with Gasteiger partial charge < -0.3 is 19.7 Å². The lowest BCUT2D eigenvalue weighted by Crippen LogP contribution is -1.95. The molecule has 0 unspecified atom stereocenters. The van der Waals surface area contributed by atoms with Crippen LogP contribution in [0.15, 0.2) is 31.6 Å². The van der Waals surface area contributed by atoms with Crippen LogP contribution >= 0.6 is 47.8 Å². The summed E-state index contributed by atoms with van der Waals surface area (Å²) in [5.74, 6) is 0.309. The van der Waals surface area contributed by atoms with Gasteiger partial charge in [0.25, 0.3) is 0 Å². The maximum Gasteiger partial charge on any atom is 0.169 e. The minimum atomic E-state index is -0.142. The largest absolute Gasteiger partial charge is 0.504 e. The van der Waals surface area contributed by atoms with Gasteiger partial charge in [-0.25, -0.2) is 0 Å². The molecule has 0 atom stereocenters. The Hall–Kier alpha value is -1.58. The van der Waals surface area contributed by atoms with Crippen molar-refractivity contribution < 1.29 is 29.3 Å². The highest BCUT2D eigenvalue weighted by Gasteiger charge is 2.15. The molecule has 0 bridgehead atoms. The predicted octanol–water partition coefficient (Wildman–Crippen LogP) is 5.10. The van der Waals surface area contributed by atoms with Crippen molar-refractivity contribution in [3.05, 3.63) is 42.7 Å². The van der Waals surface area contributed by atoms with E-state index in [4.69, 9.17) is 9.47 Å². The zero-order valence-electron chi connectivity index (χ0n) is 13.8. The van der Waals surface area contributed by atoms with Gasteiger partial charge in [0.05, 0.1) is 24.8 Å². The average Bonchev–Trinajstić information content (AvgIpc) is 2.61. The first kappa shape index (κ1) is 22.5. The molecule has 0 radical (unpaired) electrons. The lowest BCUT2D eigenvalue weighted by Gasteiger charge is -2.09. The number of phenols is 2. The predicted molar refractivity (Wildman–Crippen MR) is 108 cm³/mol. The minimum absolute atomic E-state index is 0.137. The minimum Gasteiger partial charge on any atom is -0.504 e. The van der Waals surface area contributed by atoms with E-state index in [1.54, 1.807) is 25.1 Å². The zero-order valence-corrected chi connectivity index (χ0v) is 18.5. The summed E-state index contributed by atoms with van der Waals surface area (Å²) in [6.45, 7) is 2.23. The highest BCUT2D eigenvalue weighted by molar-refractivity contribution is 9.13. The molecule has 2 aromatic carbocycles. The van der Waals surface area contributed by atoms with Crippen LogP contribution in [0.3, 0.4) is 0 Å². The topological polar surface area (TPSA) is 93.1 Å². The van der Waals surface area contributed by atoms with Crippen LogP contribution in [0.2, 0.25) is 0 Å². The number of methoxy groups -OCH3 is 1. The number of carbonyl (C=O) groups is 2. The molecule has 0 aromatic heterocycles. The summed E-state index contributed by atoms with van der Waals surface area (Å²) in [4.78, 5) is 21.2. The van der Waals surface area contributed by atoms with Crippen LogP contribution in [-0.2, 0) is 0 Å². The highest BCUT2D eigenvalue weighted by atomic mass is 79.9. The summed E-state index contributed by atoms with van der Waals surface area (Å²) >= 11 is 9.55. The van der Waals surface area contributed by atoms with Gasteiger partial charge in [-0.1, -0.05) is 0 Å². The summed E-state index contributed by atoms with van der Waals surface area (Å²) in [5, 5.41) is 19.0. The number of aldehydes is 2. The fourth-order valence-electron chi connectivity index (χ4n) is 1.83. The van der Waals surface area contributed by atoms with Gasteiger partial charge in [0, 0.05) is 13.4 Å². The first-order valence-corrected chi connectivity index (χ1v) is 9.49. The number of benzene rings is 2. The molecular weight excluding hydrogens is 540 g/mol. The van der Waals surface area contributed by atoms with Crippen LogP contribution in [-0.4, -0.2) is 36.5 Å². The molecular formula is C17H15Br3O6. The number of hydrogen-bond donors (Lipinski definition) is 2. The van der Waals surface area contributed by atoms with E-state index in [2.05, 4.69) is 47.8 Å². The Morgan fingerprint density at radius 1 is 0.962 bits per heavy atom. The van der Waals surface area contributed by atoms with Crippen molar-refractivity contribution in [1.82, 2.24) is 0 Å². The smallest absolute Gasteiger partial charge is 0.169 e. The zero-order chi connectivity index (χ0) is 19.9. The molecule has 0 spiro atoms. The van der Waals surface area contributed by atoms with Crippen molar-refractivity contribution in [2.75, 3.05) is 13.7 Å². The summed E-state index contributed by atoms with van der Waals surface area (Å²) in [5.41, 5.74) is 0.386. The summed E-state index contributed by atoms with van der Waals surface area (Å²) in [6.07, 6.45) is 1.15. The van der Waals surface area contributed by atoms with Crippen molar-refractivity contribution in [3.63, 3.8) is 0 Å². The van der Waals surface area contributed by atoms with E-state index in [0.717, 1.165) is 0 Å². The molecule has 0 aliphatic heterocycles. The summed E-state index contributed by atoms with van der Waals surface area (Å²) in [6, 6.07) is 4.82. The molecule has 0 aliphatic rings. The van der Waals surface area contributed by atoms with Gasteiger partial charge in [-0.15, -0.1) is 0 Å². The number of hydrogen-bond acceptors (Lipinski definition) is 6. The SMILES string of the molecule is CCOc1cc(Br)c(Br)c(C=O)c1O.COc1ccc(Br)c(C=O)c1O. The molecule has 0 fully saturated rings. The number of carbonyl (C=O) groups excluding carboxylic acids is 2. The molecule has 0 amide bonds. The number of ether oxygens (including phenoxy) is 2. The molecule has 0 saturated carbocycles. The van der Waals surface area contributed by atoms with Gasteiger partial charge in [-0.05, 0) is 72.9 Å². The maximum atomic E-state index is 10.7. The van der Waals surface area contributed by atoms with Crippen molar-refractivity contribution in [3.8, 4) is 23.0 Å². The highest BCUT2D eigenvalue weighted by Crippen LogP contribution is 2.39. The van der Waals surface area contributed by atoms with Gasteiger partial charge >= 0.3 is 0 Å². The van der Waals surface area contributed by atoms with Crippen LogP contribution in [0.25, 0.3) is 0 Å². The average molecular weight is 555 g/mol. The van der Waals surface area contributed by atoms with Crippen LogP contribution < -0.4 is 9.47 Å². The van der Waals surface area contributed by atoms with Gasteiger partial charge in [0.2, 0.25) is 0 Å². The van der Waals surface area contributed by atoms with Crippen LogP contribution in [0.4, 0.5) is 0 Å². The Bertz CT molecular complexity index is 808. The second kappa shape index (κ2) is 10.5. The quantitative estimate of drug-likeness (QED) is 0.499. The summed E-state index contributed by atoms with van der Waals surface area (Å²) in [7, 11) is 1.43. The molecule has 0 aliphatic carbocycles. The lowest BCUT2D eigenvalue weighted by molar-refractivity contribution is 0.111. The molecule has 140 valence electrons. The monoisotopic (exact) mass is 552 g/mol. The Labute approximate surface area is 175 Å². The van der Waals surface area contributed by atoms with Crippen molar-refractivity contribution in [2.24, 2.45) is 0 Å². The van der Waals surface area contributed by atoms with E-state index >= 15 is 0 Å². The molecule has 0 heterocycles. The van der Waals surface area contributed by atoms with Gasteiger partial charge in [-0.3, -0.25) is 9.59 Å². The number of aromatic hydroxyl groups is 2. The third-order valence-electron chi connectivity index (χ3n) is 3.07. The molecule has 9 heteroatoms. The molecule has 2 aromatic rings. The van der Waals surface area contributed by atoms with Crippen LogP contribution in [0, 0.1) is 0 Å². The van der Waals surface area contributed by atoms with Gasteiger partial charge in [0.1, 0.15) is 0 Å². The van der Waals surface area contributed by atoms with Crippen molar-refractivity contribution in [1.29, 1.82) is 0 Å². The van der Waals surface area contributed by atoms with E-state index in [1.807, 2.05) is 0 Å². The standard InChI is InChI=1S/C9H8Br2O3.C8H7BrO3/c1-2-14-7-3-6(10)8(11)5(4-12)9(7)13;1-12-7-3-2-6(9)5(4-10)8(7)11/h3-4,13H,2H2,1H3;2-4,11H,1H3. The van der Waals surface area contributed by atoms with Crippen LogP contribution in [0.5, 0.6) is 23.0 Å². The van der Waals surface area contributed by atoms with E-state index in [1.165, 1.54) is 7.11 Å². The third kappa shape index (κ3) is 5.21. The maximum absolute atomic E-state index is 10.7. The fourth-order valence-corrected chi connectivity index (χ4v) is 3.06. The fraction of sp³-hybridized carbons (Fsp3) is 0.176. The third-order valence-corrected chi connectivity index (χ3v) is 5.78. The van der Waals surface area contributed by atoms with Crippen molar-refractivity contribution in [2.45, 2.75) is 6.92 Å². The number of phenolic OH excluding ortho intramolecular Hbond substituents is 2. The van der Waals surface area contributed by atoms with Gasteiger partial charge in [-0.2, -0.15) is 0 Å². The Kier molecular flexibility index (Phi) is 9.11. The van der Waals surface area contributed by atoms with Crippen LogP contribution in [0.1, 0.15) is 27.6 Å². The first-order valence-electron chi connectivity index (χ1n) is 7.11. The number of rotatable bonds is 5. The lowest BCUT2D eigenvalue weighted by atomic mass is 10.2. The normalized spacial score (nSPS) is 9.73. The Balaban J connectivity index is 0.000000263. The van der Waals surface area contributed by atoms with Crippen molar-refractivity contribution >= 4 is 60.4 Å². The second-order valence-electron chi connectivity index (χ2n) is 4.61. The second-order valence-corrected chi connectivity index (χ2v) is 7.12. The Morgan fingerprint density at radius 3 is 2.04 bits per heavy atom. The van der Waals surface area contributed by atoms with E-state index < -0.39 is 0 Å². The molecule has 2 N–H and O–H groups in total. The van der Waals surface area contributed by atoms with Gasteiger partial charge in [0.15, 0.2) is 35.6 Å². The molecule has 26 heavy (non-hydrogen) atoms. The van der Waals surface area contributed by atoms with E-state index in [0.29, 0.717) is 44.1 Å². The van der Waals surface area contributed by atoms with E-state index in [-0.39, 0.29) is 22.6 Å². The number of halogens is 3.